The molecule has 0 aromatic heterocycles. The van der Waals surface area contributed by atoms with Crippen LogP contribution in [0.3, 0.4) is 0 Å². The normalized spacial score (nSPS) is 11.5. The molecule has 2 amide bonds. The van der Waals surface area contributed by atoms with E-state index in [1.54, 1.807) is 19.2 Å². The molecule has 5 heteroatoms. The summed E-state index contributed by atoms with van der Waals surface area (Å²) in [7, 11) is 1.58. The fourth-order valence-electron chi connectivity index (χ4n) is 2.55. The van der Waals surface area contributed by atoms with E-state index in [0.717, 1.165) is 11.1 Å². The first-order chi connectivity index (χ1) is 11.9. The fourth-order valence-corrected chi connectivity index (χ4v) is 2.55. The van der Waals surface area contributed by atoms with Crippen molar-refractivity contribution in [1.82, 2.24) is 5.32 Å². The SMILES string of the molecule is CCOc1ccc(C)cc1C(C)NC(=O)C(=O)N(C)c1ccccc1. The molecule has 0 aliphatic carbocycles. The van der Waals surface area contributed by atoms with Gasteiger partial charge in [-0.2, -0.15) is 0 Å². The Bertz CT molecular complexity index is 744. The van der Waals surface area contributed by atoms with E-state index in [4.69, 9.17) is 4.74 Å². The molecule has 0 fully saturated rings. The molecule has 1 unspecified atom stereocenters. The Hall–Kier alpha value is -2.82. The highest BCUT2D eigenvalue weighted by Crippen LogP contribution is 2.26. The van der Waals surface area contributed by atoms with Crippen molar-refractivity contribution in [3.05, 3.63) is 59.7 Å². The summed E-state index contributed by atoms with van der Waals surface area (Å²) in [6.07, 6.45) is 0. The number of ether oxygens (including phenoxy) is 1. The van der Waals surface area contributed by atoms with Gasteiger partial charge in [0.1, 0.15) is 5.75 Å². The molecule has 1 N–H and O–H groups in total. The first kappa shape index (κ1) is 18.5. The van der Waals surface area contributed by atoms with Crippen LogP contribution in [-0.4, -0.2) is 25.5 Å². The van der Waals surface area contributed by atoms with E-state index < -0.39 is 11.8 Å². The van der Waals surface area contributed by atoms with E-state index in [0.29, 0.717) is 18.0 Å². The lowest BCUT2D eigenvalue weighted by atomic mass is 10.0. The highest BCUT2D eigenvalue weighted by atomic mass is 16.5. The summed E-state index contributed by atoms with van der Waals surface area (Å²) in [4.78, 5) is 26.1. The Labute approximate surface area is 148 Å². The summed E-state index contributed by atoms with van der Waals surface area (Å²) >= 11 is 0. The third-order valence-electron chi connectivity index (χ3n) is 3.92. The van der Waals surface area contributed by atoms with Crippen molar-refractivity contribution >= 4 is 17.5 Å². The van der Waals surface area contributed by atoms with Gasteiger partial charge in [-0.1, -0.05) is 35.9 Å². The number of hydrogen-bond donors (Lipinski definition) is 1. The number of nitrogens with zero attached hydrogens (tertiary/aromatic N) is 1. The maximum Gasteiger partial charge on any atom is 0.316 e. The van der Waals surface area contributed by atoms with Crippen LogP contribution in [0, 0.1) is 6.92 Å². The van der Waals surface area contributed by atoms with E-state index in [-0.39, 0.29) is 6.04 Å². The summed E-state index contributed by atoms with van der Waals surface area (Å²) in [6, 6.07) is 14.5. The van der Waals surface area contributed by atoms with E-state index in [1.807, 2.05) is 57.2 Å². The lowest BCUT2D eigenvalue weighted by Gasteiger charge is -2.21. The van der Waals surface area contributed by atoms with Gasteiger partial charge in [0, 0.05) is 18.3 Å². The number of aryl methyl sites for hydroxylation is 1. The molecule has 2 rings (SSSR count). The first-order valence-corrected chi connectivity index (χ1v) is 8.31. The third-order valence-corrected chi connectivity index (χ3v) is 3.92. The number of benzene rings is 2. The van der Waals surface area contributed by atoms with Gasteiger partial charge in [0.15, 0.2) is 0 Å². The van der Waals surface area contributed by atoms with Gasteiger partial charge in [0.05, 0.1) is 12.6 Å². The van der Waals surface area contributed by atoms with Crippen LogP contribution in [0.25, 0.3) is 0 Å². The Morgan fingerprint density at radius 1 is 1.16 bits per heavy atom. The molecule has 0 saturated heterocycles. The van der Waals surface area contributed by atoms with Crippen molar-refractivity contribution in [3.63, 3.8) is 0 Å². The topological polar surface area (TPSA) is 58.6 Å². The zero-order valence-corrected chi connectivity index (χ0v) is 15.1. The minimum atomic E-state index is -0.650. The largest absolute Gasteiger partial charge is 0.494 e. The maximum absolute atomic E-state index is 12.4. The molecular formula is C20H24N2O3. The zero-order valence-electron chi connectivity index (χ0n) is 15.1. The Morgan fingerprint density at radius 3 is 2.48 bits per heavy atom. The highest BCUT2D eigenvalue weighted by molar-refractivity contribution is 6.40. The van der Waals surface area contributed by atoms with Gasteiger partial charge < -0.3 is 15.0 Å². The predicted molar refractivity (Wildman–Crippen MR) is 98.8 cm³/mol. The van der Waals surface area contributed by atoms with Crippen molar-refractivity contribution in [2.45, 2.75) is 26.8 Å². The van der Waals surface area contributed by atoms with Crippen molar-refractivity contribution in [2.24, 2.45) is 0 Å². The molecule has 25 heavy (non-hydrogen) atoms. The van der Waals surface area contributed by atoms with Gasteiger partial charge in [0.25, 0.3) is 0 Å². The van der Waals surface area contributed by atoms with Crippen LogP contribution in [0.4, 0.5) is 5.69 Å². The number of para-hydroxylation sites is 1. The van der Waals surface area contributed by atoms with Crippen LogP contribution in [0.15, 0.2) is 48.5 Å². The molecule has 2 aromatic carbocycles. The zero-order chi connectivity index (χ0) is 18.4. The molecule has 5 nitrogen and oxygen atoms in total. The third kappa shape index (κ3) is 4.59. The van der Waals surface area contributed by atoms with E-state index >= 15 is 0 Å². The van der Waals surface area contributed by atoms with Crippen LogP contribution in [0.5, 0.6) is 5.75 Å². The number of amides is 2. The van der Waals surface area contributed by atoms with Crippen LogP contribution in [0.2, 0.25) is 0 Å². The molecule has 132 valence electrons. The Kier molecular flexibility index (Phi) is 6.17. The standard InChI is InChI=1S/C20H24N2O3/c1-5-25-18-12-11-14(2)13-17(18)15(3)21-19(23)20(24)22(4)16-9-7-6-8-10-16/h6-13,15H,5H2,1-4H3,(H,21,23). The number of likely N-dealkylation sites (N-methyl/N-ethyl adjacent to an activating group) is 1. The molecule has 0 saturated carbocycles. The molecular weight excluding hydrogens is 316 g/mol. The second-order valence-electron chi connectivity index (χ2n) is 5.87. The monoisotopic (exact) mass is 340 g/mol. The van der Waals surface area contributed by atoms with Gasteiger partial charge >= 0.3 is 11.8 Å². The van der Waals surface area contributed by atoms with Crippen LogP contribution in [-0.2, 0) is 9.59 Å². The molecule has 0 spiro atoms. The van der Waals surface area contributed by atoms with Gasteiger partial charge in [0.2, 0.25) is 0 Å². The average molecular weight is 340 g/mol. The number of nitrogens with one attached hydrogen (secondary N) is 1. The first-order valence-electron chi connectivity index (χ1n) is 8.31. The second kappa shape index (κ2) is 8.33. The molecule has 2 aromatic rings. The minimum absolute atomic E-state index is 0.345. The molecule has 0 radical (unpaired) electrons. The van der Waals surface area contributed by atoms with Crippen molar-refractivity contribution < 1.29 is 14.3 Å². The van der Waals surface area contributed by atoms with E-state index in [9.17, 15) is 9.59 Å². The van der Waals surface area contributed by atoms with Crippen LogP contribution >= 0.6 is 0 Å². The number of rotatable bonds is 5. The summed E-state index contributed by atoms with van der Waals surface area (Å²) < 4.78 is 5.63. The molecule has 0 bridgehead atoms. The van der Waals surface area contributed by atoms with Gasteiger partial charge in [-0.25, -0.2) is 0 Å². The molecule has 0 heterocycles. The smallest absolute Gasteiger partial charge is 0.316 e. The number of anilines is 1. The number of hydrogen-bond acceptors (Lipinski definition) is 3. The van der Waals surface area contributed by atoms with E-state index in [2.05, 4.69) is 5.32 Å². The highest BCUT2D eigenvalue weighted by Gasteiger charge is 2.23. The Morgan fingerprint density at radius 2 is 1.84 bits per heavy atom. The van der Waals surface area contributed by atoms with E-state index in [1.165, 1.54) is 4.90 Å². The summed E-state index contributed by atoms with van der Waals surface area (Å²) in [5.41, 5.74) is 2.58. The fraction of sp³-hybridized carbons (Fsp3) is 0.300. The minimum Gasteiger partial charge on any atom is -0.494 e. The average Bonchev–Trinajstić information content (AvgIpc) is 2.62. The maximum atomic E-state index is 12.4. The summed E-state index contributed by atoms with van der Waals surface area (Å²) in [5.74, 6) is -0.545. The van der Waals surface area contributed by atoms with Gasteiger partial charge in [-0.3, -0.25) is 9.59 Å². The molecule has 0 aliphatic rings. The number of carbonyl (C=O) groups excluding carboxylic acids is 2. The van der Waals surface area contributed by atoms with Gasteiger partial charge in [-0.05, 0) is 39.0 Å². The molecule has 0 aliphatic heterocycles. The summed E-state index contributed by atoms with van der Waals surface area (Å²) in [6.45, 7) is 6.25. The Balaban J connectivity index is 2.12. The van der Waals surface area contributed by atoms with Gasteiger partial charge in [-0.15, -0.1) is 0 Å². The van der Waals surface area contributed by atoms with Crippen LogP contribution in [0.1, 0.15) is 31.0 Å². The van der Waals surface area contributed by atoms with Crippen molar-refractivity contribution in [3.8, 4) is 5.75 Å². The second-order valence-corrected chi connectivity index (χ2v) is 5.87. The number of carbonyl (C=O) groups is 2. The predicted octanol–water partition coefficient (Wildman–Crippen LogP) is 3.23. The van der Waals surface area contributed by atoms with Crippen LogP contribution < -0.4 is 15.0 Å². The lowest BCUT2D eigenvalue weighted by Crippen LogP contribution is -2.42. The quantitative estimate of drug-likeness (QED) is 0.850. The molecule has 1 atom stereocenters. The van der Waals surface area contributed by atoms with Crippen molar-refractivity contribution in [2.75, 3.05) is 18.6 Å². The summed E-state index contributed by atoms with van der Waals surface area (Å²) in [5, 5.41) is 2.76. The van der Waals surface area contributed by atoms with Crippen molar-refractivity contribution in [1.29, 1.82) is 0 Å². The lowest BCUT2D eigenvalue weighted by molar-refractivity contribution is -0.137.